The van der Waals surface area contributed by atoms with Crippen LogP contribution < -0.4 is 11.1 Å². The van der Waals surface area contributed by atoms with E-state index in [2.05, 4.69) is 5.32 Å². The molecule has 0 spiro atoms. The normalized spacial score (nSPS) is 20.3. The Hall–Kier alpha value is -3.02. The second kappa shape index (κ2) is 19.2. The lowest BCUT2D eigenvalue weighted by atomic mass is 9.93. The van der Waals surface area contributed by atoms with Crippen LogP contribution in [0.5, 0.6) is 0 Å². The molecule has 0 bridgehead atoms. The summed E-state index contributed by atoms with van der Waals surface area (Å²) in [7, 11) is 4.81. The third-order valence-corrected chi connectivity index (χ3v) is 9.09. The Morgan fingerprint density at radius 3 is 2.35 bits per heavy atom. The van der Waals surface area contributed by atoms with Crippen molar-refractivity contribution in [3.8, 4) is 0 Å². The van der Waals surface area contributed by atoms with E-state index in [1.54, 1.807) is 58.8 Å². The minimum atomic E-state index is -0.899. The minimum Gasteiger partial charge on any atom is -0.458 e. The first kappa shape index (κ1) is 41.2. The van der Waals surface area contributed by atoms with Crippen molar-refractivity contribution in [3.63, 3.8) is 0 Å². The third-order valence-electron chi connectivity index (χ3n) is 9.09. The fourth-order valence-corrected chi connectivity index (χ4v) is 6.51. The predicted molar refractivity (Wildman–Crippen MR) is 188 cm³/mol. The number of ether oxygens (including phenoxy) is 3. The Kier molecular flexibility index (Phi) is 16.5. The molecule has 2 rings (SSSR count). The molecule has 11 heteroatoms. The summed E-state index contributed by atoms with van der Waals surface area (Å²) in [6.45, 7) is 13.6. The van der Waals surface area contributed by atoms with Gasteiger partial charge in [-0.25, -0.2) is 4.79 Å². The maximum Gasteiger partial charge on any atom is 0.329 e. The summed E-state index contributed by atoms with van der Waals surface area (Å²) >= 11 is 0. The molecular weight excluding hydrogens is 612 g/mol. The largest absolute Gasteiger partial charge is 0.458 e. The number of nitrogens with one attached hydrogen (secondary N) is 1. The van der Waals surface area contributed by atoms with Crippen molar-refractivity contribution < 1.29 is 33.4 Å². The van der Waals surface area contributed by atoms with Gasteiger partial charge in [-0.3, -0.25) is 14.4 Å². The van der Waals surface area contributed by atoms with Crippen LogP contribution in [0.15, 0.2) is 36.0 Å². The molecule has 0 aromatic carbocycles. The first-order chi connectivity index (χ1) is 22.5. The number of likely N-dealkylation sites (N-methyl/N-ethyl adjacent to an activating group) is 1. The number of methoxy groups -OCH3 is 2. The summed E-state index contributed by atoms with van der Waals surface area (Å²) in [5.74, 6) is -1.56. The van der Waals surface area contributed by atoms with Crippen LogP contribution in [0, 0.1) is 11.8 Å². The molecule has 48 heavy (non-hydrogen) atoms. The van der Waals surface area contributed by atoms with Gasteiger partial charge in [0.2, 0.25) is 17.7 Å². The predicted octanol–water partition coefficient (Wildman–Crippen LogP) is 4.30. The number of esters is 1. The van der Waals surface area contributed by atoms with Crippen molar-refractivity contribution in [2.75, 3.05) is 27.8 Å². The van der Waals surface area contributed by atoms with Crippen LogP contribution in [-0.2, 0) is 33.4 Å². The number of hydrogen-bond acceptors (Lipinski definition) is 8. The molecule has 0 aromatic rings. The zero-order chi connectivity index (χ0) is 36.2. The number of nitrogens with two attached hydrogens (primary N) is 1. The molecule has 0 saturated carbocycles. The molecule has 272 valence electrons. The number of likely N-dealkylation sites (tertiary alicyclic amines) is 1. The highest BCUT2D eigenvalue weighted by Crippen LogP contribution is 2.29. The van der Waals surface area contributed by atoms with Gasteiger partial charge in [0.1, 0.15) is 11.6 Å². The maximum atomic E-state index is 13.9. The Morgan fingerprint density at radius 2 is 1.77 bits per heavy atom. The highest BCUT2D eigenvalue weighted by Gasteiger charge is 2.42. The van der Waals surface area contributed by atoms with Gasteiger partial charge in [0, 0.05) is 46.7 Å². The number of carbonyl (C=O) groups excluding carboxylic acids is 4. The van der Waals surface area contributed by atoms with Crippen LogP contribution in [0.4, 0.5) is 0 Å². The van der Waals surface area contributed by atoms with Crippen molar-refractivity contribution in [1.29, 1.82) is 0 Å². The van der Waals surface area contributed by atoms with Crippen molar-refractivity contribution in [1.82, 2.24) is 15.1 Å². The van der Waals surface area contributed by atoms with E-state index in [4.69, 9.17) is 19.9 Å². The third kappa shape index (κ3) is 12.1. The van der Waals surface area contributed by atoms with Crippen molar-refractivity contribution >= 4 is 23.7 Å². The molecule has 2 aliphatic rings. The van der Waals surface area contributed by atoms with Gasteiger partial charge < -0.3 is 35.1 Å². The van der Waals surface area contributed by atoms with Gasteiger partial charge in [0.05, 0.1) is 36.6 Å². The molecule has 11 nitrogen and oxygen atoms in total. The van der Waals surface area contributed by atoms with E-state index in [1.807, 2.05) is 51.2 Å². The summed E-state index contributed by atoms with van der Waals surface area (Å²) in [5.41, 5.74) is 6.71. The highest BCUT2D eigenvalue weighted by molar-refractivity contribution is 5.86. The van der Waals surface area contributed by atoms with Gasteiger partial charge in [0.25, 0.3) is 0 Å². The van der Waals surface area contributed by atoms with Gasteiger partial charge in [-0.05, 0) is 57.9 Å². The van der Waals surface area contributed by atoms with Crippen LogP contribution in [-0.4, -0.2) is 103 Å². The van der Waals surface area contributed by atoms with E-state index in [0.29, 0.717) is 25.8 Å². The molecule has 1 saturated heterocycles. The summed E-state index contributed by atoms with van der Waals surface area (Å²) in [6, 6.07) is -2.13. The fraction of sp³-hybridized carbons (Fsp3) is 0.730. The average molecular weight is 675 g/mol. The second-order valence-corrected chi connectivity index (χ2v) is 14.5. The molecule has 0 aromatic heterocycles. The average Bonchev–Trinajstić information content (AvgIpc) is 3.35. The number of allylic oxidation sites excluding steroid dienone is 5. The quantitative estimate of drug-likeness (QED) is 0.218. The van der Waals surface area contributed by atoms with Crippen LogP contribution >= 0.6 is 0 Å². The summed E-state index contributed by atoms with van der Waals surface area (Å²) in [5, 5.41) is 2.94. The SMILES string of the molecule is CCC(N)C(C(CC(=O)N1CCCC1C(OC)C(C)C(=O)NC(CC1=CCC=CC=C1)C(=O)OC(C)(C)C)OC)N(C)C(=O)CC(C)C. The molecule has 1 aliphatic heterocycles. The molecule has 3 N–H and O–H groups in total. The van der Waals surface area contributed by atoms with Crippen molar-refractivity contribution in [2.45, 2.75) is 135 Å². The highest BCUT2D eigenvalue weighted by atomic mass is 16.6. The molecule has 0 radical (unpaired) electrons. The molecule has 7 unspecified atom stereocenters. The van der Waals surface area contributed by atoms with Crippen LogP contribution in [0.3, 0.4) is 0 Å². The smallest absolute Gasteiger partial charge is 0.329 e. The van der Waals surface area contributed by atoms with Crippen LogP contribution in [0.25, 0.3) is 0 Å². The molecule has 1 fully saturated rings. The van der Waals surface area contributed by atoms with Gasteiger partial charge in [-0.2, -0.15) is 0 Å². The van der Waals surface area contributed by atoms with E-state index in [-0.39, 0.29) is 48.6 Å². The van der Waals surface area contributed by atoms with Crippen LogP contribution in [0.2, 0.25) is 0 Å². The Morgan fingerprint density at radius 1 is 1.08 bits per heavy atom. The summed E-state index contributed by atoms with van der Waals surface area (Å²) in [4.78, 5) is 57.4. The van der Waals surface area contributed by atoms with Gasteiger partial charge in [-0.1, -0.05) is 58.1 Å². The van der Waals surface area contributed by atoms with Crippen molar-refractivity contribution in [3.05, 3.63) is 36.0 Å². The molecule has 7 atom stereocenters. The Balaban J connectivity index is 2.24. The van der Waals surface area contributed by atoms with E-state index in [1.165, 1.54) is 0 Å². The minimum absolute atomic E-state index is 0.0277. The van der Waals surface area contributed by atoms with E-state index < -0.39 is 41.8 Å². The van der Waals surface area contributed by atoms with E-state index >= 15 is 0 Å². The summed E-state index contributed by atoms with van der Waals surface area (Å²) in [6.07, 6.45) is 12.0. The first-order valence-electron chi connectivity index (χ1n) is 17.5. The second-order valence-electron chi connectivity index (χ2n) is 14.5. The molecule has 3 amide bonds. The van der Waals surface area contributed by atoms with Gasteiger partial charge >= 0.3 is 5.97 Å². The lowest BCUT2D eigenvalue weighted by molar-refractivity contribution is -0.159. The van der Waals surface area contributed by atoms with Crippen LogP contribution in [0.1, 0.15) is 93.4 Å². The lowest BCUT2D eigenvalue weighted by Crippen LogP contribution is -2.57. The van der Waals surface area contributed by atoms with Gasteiger partial charge in [0.15, 0.2) is 0 Å². The number of carbonyl (C=O) groups is 4. The maximum absolute atomic E-state index is 13.9. The fourth-order valence-electron chi connectivity index (χ4n) is 6.51. The number of hydrogen-bond donors (Lipinski definition) is 2. The number of amides is 3. The Bertz CT molecular complexity index is 1170. The number of nitrogens with zero attached hydrogens (tertiary/aromatic N) is 2. The lowest BCUT2D eigenvalue weighted by Gasteiger charge is -2.39. The van der Waals surface area contributed by atoms with Gasteiger partial charge in [-0.15, -0.1) is 0 Å². The molecule has 1 aliphatic carbocycles. The zero-order valence-corrected chi connectivity index (χ0v) is 31.0. The zero-order valence-electron chi connectivity index (χ0n) is 31.0. The van der Waals surface area contributed by atoms with Crippen molar-refractivity contribution in [2.24, 2.45) is 17.6 Å². The molecule has 1 heterocycles. The van der Waals surface area contributed by atoms with E-state index in [9.17, 15) is 19.2 Å². The number of rotatable bonds is 17. The standard InChI is InChI=1S/C37H62N4O7/c1-11-27(38)33(40(8)31(42)21-24(2)3)30(46-9)23-32(43)41-20-16-19-29(41)34(47-10)25(4)35(44)39-28(36(45)48-37(5,6)7)22-26-17-14-12-13-15-18-26/h12-14,17-18,24-25,27-30,33-34H,11,15-16,19-23,38H2,1-10H3,(H,39,44). The first-order valence-corrected chi connectivity index (χ1v) is 17.5. The monoisotopic (exact) mass is 674 g/mol. The Labute approximate surface area is 288 Å². The van der Waals surface area contributed by atoms with E-state index in [0.717, 1.165) is 18.4 Å². The topological polar surface area (TPSA) is 140 Å². The molecular formula is C37H62N4O7. The summed E-state index contributed by atoms with van der Waals surface area (Å²) < 4.78 is 17.4.